The van der Waals surface area contributed by atoms with Gasteiger partial charge in [0.25, 0.3) is 5.91 Å². The Kier molecular flexibility index (Phi) is 9.73. The minimum atomic E-state index is -0.399. The Morgan fingerprint density at radius 3 is 2.79 bits per heavy atom. The number of aryl methyl sites for hydroxylation is 1. The van der Waals surface area contributed by atoms with Crippen LogP contribution in [-0.4, -0.2) is 85.9 Å². The van der Waals surface area contributed by atoms with Gasteiger partial charge in [0.2, 0.25) is 5.91 Å². The van der Waals surface area contributed by atoms with Gasteiger partial charge in [-0.25, -0.2) is 0 Å². The van der Waals surface area contributed by atoms with Crippen LogP contribution in [0.1, 0.15) is 40.2 Å². The molecule has 0 unspecified atom stereocenters. The summed E-state index contributed by atoms with van der Waals surface area (Å²) < 4.78 is 28.6. The zero-order chi connectivity index (χ0) is 29.5. The molecular formula is C31H38N4O7. The van der Waals surface area contributed by atoms with Crippen molar-refractivity contribution in [1.82, 2.24) is 20.3 Å². The zero-order valence-electron chi connectivity index (χ0n) is 24.3. The molecule has 11 heteroatoms. The largest absolute Gasteiger partial charge is 0.493 e. The van der Waals surface area contributed by atoms with Gasteiger partial charge >= 0.3 is 0 Å². The highest BCUT2D eigenvalue weighted by molar-refractivity contribution is 5.92. The van der Waals surface area contributed by atoms with E-state index >= 15 is 0 Å². The van der Waals surface area contributed by atoms with Gasteiger partial charge in [0.1, 0.15) is 11.5 Å². The van der Waals surface area contributed by atoms with Crippen LogP contribution < -0.4 is 14.8 Å². The average Bonchev–Trinajstić information content (AvgIpc) is 3.42. The molecule has 3 heterocycles. The van der Waals surface area contributed by atoms with Crippen molar-refractivity contribution in [3.63, 3.8) is 0 Å². The van der Waals surface area contributed by atoms with Gasteiger partial charge in [-0.2, -0.15) is 0 Å². The lowest BCUT2D eigenvalue weighted by Gasteiger charge is -2.38. The van der Waals surface area contributed by atoms with E-state index in [9.17, 15) is 9.59 Å². The molecule has 2 atom stereocenters. The van der Waals surface area contributed by atoms with Crippen molar-refractivity contribution in [2.45, 2.75) is 45.1 Å². The first-order valence-corrected chi connectivity index (χ1v) is 14.2. The lowest BCUT2D eigenvalue weighted by atomic mass is 10.0. The summed E-state index contributed by atoms with van der Waals surface area (Å²) in [6, 6.07) is 14.8. The smallest absolute Gasteiger partial charge is 0.276 e. The van der Waals surface area contributed by atoms with Crippen LogP contribution in [0.5, 0.6) is 17.2 Å². The van der Waals surface area contributed by atoms with E-state index in [0.717, 1.165) is 17.5 Å². The molecule has 2 amide bonds. The van der Waals surface area contributed by atoms with Gasteiger partial charge in [0.15, 0.2) is 17.2 Å². The van der Waals surface area contributed by atoms with Crippen LogP contribution in [0.3, 0.4) is 0 Å². The zero-order valence-corrected chi connectivity index (χ0v) is 24.3. The highest BCUT2D eigenvalue weighted by Gasteiger charge is 2.35. The number of likely N-dealkylation sites (tertiary alicyclic amines) is 1. The molecular weight excluding hydrogens is 540 g/mol. The Hall–Kier alpha value is -3.93. The fourth-order valence-electron chi connectivity index (χ4n) is 5.37. The second-order valence-corrected chi connectivity index (χ2v) is 10.7. The minimum Gasteiger partial charge on any atom is -0.493 e. The predicted octanol–water partition coefficient (Wildman–Crippen LogP) is 3.55. The number of hydrogen-bond acceptors (Lipinski definition) is 9. The summed E-state index contributed by atoms with van der Waals surface area (Å²) in [5.74, 6) is 2.09. The third-order valence-corrected chi connectivity index (χ3v) is 7.44. The first-order valence-electron chi connectivity index (χ1n) is 14.2. The maximum Gasteiger partial charge on any atom is 0.276 e. The molecule has 1 saturated heterocycles. The minimum absolute atomic E-state index is 0.142. The molecule has 0 aliphatic carbocycles. The summed E-state index contributed by atoms with van der Waals surface area (Å²) >= 11 is 0. The third-order valence-electron chi connectivity index (χ3n) is 7.44. The van der Waals surface area contributed by atoms with E-state index in [1.54, 1.807) is 32.1 Å². The lowest BCUT2D eigenvalue weighted by molar-refractivity contribution is -0.125. The summed E-state index contributed by atoms with van der Waals surface area (Å²) in [4.78, 5) is 30.4. The van der Waals surface area contributed by atoms with Gasteiger partial charge in [-0.1, -0.05) is 23.4 Å². The number of nitrogens with one attached hydrogen (secondary N) is 1. The van der Waals surface area contributed by atoms with Crippen molar-refractivity contribution in [2.24, 2.45) is 0 Å². The molecule has 4 bridgehead atoms. The maximum atomic E-state index is 13.5. The van der Waals surface area contributed by atoms with Crippen LogP contribution in [0.4, 0.5) is 0 Å². The molecule has 1 N–H and O–H groups in total. The second kappa shape index (κ2) is 13.8. The van der Waals surface area contributed by atoms with E-state index in [0.29, 0.717) is 68.8 Å². The normalized spacial score (nSPS) is 19.9. The summed E-state index contributed by atoms with van der Waals surface area (Å²) in [6.07, 6.45) is 1.04. The fourth-order valence-corrected chi connectivity index (χ4v) is 5.37. The molecule has 1 aromatic heterocycles. The summed E-state index contributed by atoms with van der Waals surface area (Å²) in [7, 11) is 3.28. The molecule has 11 nitrogen and oxygen atoms in total. The Bertz CT molecular complexity index is 1380. The van der Waals surface area contributed by atoms with Crippen LogP contribution in [0.2, 0.25) is 0 Å². The Morgan fingerprint density at radius 2 is 2.00 bits per heavy atom. The van der Waals surface area contributed by atoms with Gasteiger partial charge in [0, 0.05) is 46.0 Å². The SMILES string of the molecule is COCCCN1CC(=O)N[C@H]2CN(C(=O)c3cc(C)on3)CC[C@H]2OCc2cccc(c2)Oc2cc(ccc2OC)C1. The molecule has 42 heavy (non-hydrogen) atoms. The van der Waals surface area contributed by atoms with Crippen molar-refractivity contribution >= 4 is 11.8 Å². The Morgan fingerprint density at radius 1 is 1.12 bits per heavy atom. The molecule has 1 fully saturated rings. The number of rotatable bonds is 6. The van der Waals surface area contributed by atoms with Crippen molar-refractivity contribution in [2.75, 3.05) is 47.0 Å². The number of benzene rings is 2. The van der Waals surface area contributed by atoms with Crippen LogP contribution in [0.25, 0.3) is 0 Å². The highest BCUT2D eigenvalue weighted by atomic mass is 16.5. The first kappa shape index (κ1) is 29.6. The number of carbonyl (C=O) groups is 2. The second-order valence-electron chi connectivity index (χ2n) is 10.7. The number of amides is 2. The molecule has 0 radical (unpaired) electrons. The quantitative estimate of drug-likeness (QED) is 0.439. The first-order chi connectivity index (χ1) is 20.4. The fraction of sp³-hybridized carbons (Fsp3) is 0.452. The molecule has 5 rings (SSSR count). The lowest BCUT2D eigenvalue weighted by Crippen LogP contribution is -2.58. The van der Waals surface area contributed by atoms with E-state index in [1.165, 1.54) is 0 Å². The van der Waals surface area contributed by atoms with Crippen LogP contribution in [0.15, 0.2) is 53.1 Å². The van der Waals surface area contributed by atoms with Gasteiger partial charge < -0.3 is 33.7 Å². The van der Waals surface area contributed by atoms with Crippen molar-refractivity contribution in [3.05, 3.63) is 71.1 Å². The molecule has 0 spiro atoms. The molecule has 0 saturated carbocycles. The molecule has 2 aliphatic heterocycles. The summed E-state index contributed by atoms with van der Waals surface area (Å²) in [5.41, 5.74) is 2.17. The number of carbonyl (C=O) groups excluding carboxylic acids is 2. The Labute approximate surface area is 245 Å². The molecule has 3 aromatic rings. The topological polar surface area (TPSA) is 116 Å². The van der Waals surface area contributed by atoms with Crippen molar-refractivity contribution in [1.29, 1.82) is 0 Å². The number of nitrogens with zero attached hydrogens (tertiary/aromatic N) is 3. The summed E-state index contributed by atoms with van der Waals surface area (Å²) in [6.45, 7) is 4.79. The number of methoxy groups -OCH3 is 2. The Balaban J connectivity index is 1.41. The van der Waals surface area contributed by atoms with Crippen LogP contribution in [0, 0.1) is 6.92 Å². The van der Waals surface area contributed by atoms with E-state index in [1.807, 2.05) is 42.5 Å². The standard InChI is InChI=1S/C31H38N4O7/c1-21-14-25(33-42-21)31(37)35-12-10-27-26(18-35)32-30(36)19-34(11-5-13-38-2)17-22-8-9-28(39-3)29(16-22)41-24-7-4-6-23(15-24)20-40-27/h4,6-9,14-16,26-27H,5,10-13,17-20H2,1-3H3,(H,32,36)/t26-,27+/m0/s1. The highest BCUT2D eigenvalue weighted by Crippen LogP contribution is 2.33. The number of piperidine rings is 1. The van der Waals surface area contributed by atoms with E-state index in [-0.39, 0.29) is 30.2 Å². The van der Waals surface area contributed by atoms with Crippen molar-refractivity contribution in [3.8, 4) is 17.2 Å². The predicted molar refractivity (Wildman–Crippen MR) is 154 cm³/mol. The van der Waals surface area contributed by atoms with Crippen molar-refractivity contribution < 1.29 is 33.1 Å². The van der Waals surface area contributed by atoms with E-state index < -0.39 is 6.04 Å². The molecule has 224 valence electrons. The van der Waals surface area contributed by atoms with Gasteiger partial charge in [-0.15, -0.1) is 0 Å². The molecule has 2 aliphatic rings. The van der Waals surface area contributed by atoms with Crippen LogP contribution in [-0.2, 0) is 27.4 Å². The third kappa shape index (κ3) is 7.47. The number of hydrogen-bond donors (Lipinski definition) is 1. The summed E-state index contributed by atoms with van der Waals surface area (Å²) in [5, 5.41) is 7.06. The average molecular weight is 579 g/mol. The van der Waals surface area contributed by atoms with Gasteiger partial charge in [0.05, 0.1) is 32.4 Å². The number of aromatic nitrogens is 1. The number of ether oxygens (including phenoxy) is 4. The van der Waals surface area contributed by atoms with E-state index in [2.05, 4.69) is 15.4 Å². The van der Waals surface area contributed by atoms with Crippen LogP contribution >= 0.6 is 0 Å². The monoisotopic (exact) mass is 578 g/mol. The van der Waals surface area contributed by atoms with Gasteiger partial charge in [-0.05, 0) is 55.2 Å². The maximum absolute atomic E-state index is 13.5. The van der Waals surface area contributed by atoms with E-state index in [4.69, 9.17) is 23.5 Å². The van der Waals surface area contributed by atoms with Gasteiger partial charge in [-0.3, -0.25) is 14.5 Å². The molecule has 2 aromatic carbocycles. The number of fused-ring (bicyclic) bond motifs is 5.